The number of hydrogen-bond acceptors (Lipinski definition) is 5. The Bertz CT molecular complexity index is 450. The standard InChI is InChI=1S/C10H11N3O3/c1-6-4-3-5-8(11-6)12-10(15)9(13-16)7(2)14/h3-5,14H,1-2H3,(H,11,12,15)/b9-7+. The summed E-state index contributed by atoms with van der Waals surface area (Å²) in [5.41, 5.74) is 0.173. The van der Waals surface area contributed by atoms with Gasteiger partial charge in [-0.05, 0) is 31.2 Å². The topological polar surface area (TPSA) is 91.7 Å². The molecule has 0 saturated carbocycles. The number of aliphatic hydroxyl groups excluding tert-OH is 1. The van der Waals surface area contributed by atoms with Gasteiger partial charge in [0.1, 0.15) is 11.6 Å². The molecule has 1 aromatic heterocycles. The van der Waals surface area contributed by atoms with E-state index in [0.29, 0.717) is 5.82 Å². The number of pyridine rings is 1. The molecule has 1 aromatic rings. The zero-order valence-electron chi connectivity index (χ0n) is 8.89. The maximum atomic E-state index is 11.4. The molecule has 1 rings (SSSR count). The van der Waals surface area contributed by atoms with E-state index in [9.17, 15) is 9.70 Å². The lowest BCUT2D eigenvalue weighted by Gasteiger charge is -2.03. The molecule has 1 amide bonds. The zero-order valence-corrected chi connectivity index (χ0v) is 8.89. The Morgan fingerprint density at radius 3 is 2.69 bits per heavy atom. The van der Waals surface area contributed by atoms with Crippen LogP contribution in [0.3, 0.4) is 0 Å². The van der Waals surface area contributed by atoms with E-state index in [4.69, 9.17) is 5.11 Å². The molecular formula is C10H11N3O3. The normalized spacial score (nSPS) is 11.6. The quantitative estimate of drug-likeness (QED) is 0.463. The summed E-state index contributed by atoms with van der Waals surface area (Å²) >= 11 is 0. The molecule has 0 radical (unpaired) electrons. The maximum absolute atomic E-state index is 11.4. The number of carbonyl (C=O) groups is 1. The number of aryl methyl sites for hydroxylation is 1. The van der Waals surface area contributed by atoms with Gasteiger partial charge in [0.25, 0.3) is 5.91 Å². The van der Waals surface area contributed by atoms with Gasteiger partial charge in [-0.25, -0.2) is 4.98 Å². The minimum absolute atomic E-state index is 0.299. The van der Waals surface area contributed by atoms with Crippen molar-refractivity contribution >= 4 is 11.7 Å². The molecule has 84 valence electrons. The SMILES string of the molecule is C/C(O)=C(\N=O)C(=O)Nc1cccc(C)n1. The number of nitrogens with one attached hydrogen (secondary N) is 1. The van der Waals surface area contributed by atoms with E-state index in [1.807, 2.05) is 0 Å². The number of carbonyl (C=O) groups excluding carboxylic acids is 1. The Labute approximate surface area is 92.0 Å². The van der Waals surface area contributed by atoms with Crippen LogP contribution in [0.1, 0.15) is 12.6 Å². The molecule has 0 unspecified atom stereocenters. The zero-order chi connectivity index (χ0) is 12.1. The summed E-state index contributed by atoms with van der Waals surface area (Å²) in [7, 11) is 0. The first-order chi connectivity index (χ1) is 7.54. The Balaban J connectivity index is 2.87. The van der Waals surface area contributed by atoms with Crippen molar-refractivity contribution in [2.24, 2.45) is 5.18 Å². The highest BCUT2D eigenvalue weighted by molar-refractivity contribution is 6.03. The predicted octanol–water partition coefficient (Wildman–Crippen LogP) is 1.88. The highest BCUT2D eigenvalue weighted by Crippen LogP contribution is 2.08. The van der Waals surface area contributed by atoms with Crippen LogP contribution in [0.4, 0.5) is 5.82 Å². The van der Waals surface area contributed by atoms with E-state index in [1.54, 1.807) is 25.1 Å². The molecular weight excluding hydrogens is 210 g/mol. The van der Waals surface area contributed by atoms with Gasteiger partial charge < -0.3 is 10.4 Å². The number of nitrogens with zero attached hydrogens (tertiary/aromatic N) is 2. The Morgan fingerprint density at radius 1 is 1.50 bits per heavy atom. The summed E-state index contributed by atoms with van der Waals surface area (Å²) in [5.74, 6) is -0.916. The van der Waals surface area contributed by atoms with E-state index in [-0.39, 0.29) is 0 Å². The van der Waals surface area contributed by atoms with Crippen LogP contribution >= 0.6 is 0 Å². The number of rotatable bonds is 3. The maximum Gasteiger partial charge on any atom is 0.282 e. The molecule has 0 spiro atoms. The smallest absolute Gasteiger partial charge is 0.282 e. The van der Waals surface area contributed by atoms with Crippen molar-refractivity contribution in [1.82, 2.24) is 4.98 Å². The van der Waals surface area contributed by atoms with Crippen molar-refractivity contribution in [3.8, 4) is 0 Å². The fourth-order valence-electron chi connectivity index (χ4n) is 1.06. The van der Waals surface area contributed by atoms with E-state index >= 15 is 0 Å². The largest absolute Gasteiger partial charge is 0.510 e. The van der Waals surface area contributed by atoms with Crippen molar-refractivity contribution in [2.75, 3.05) is 5.32 Å². The van der Waals surface area contributed by atoms with Gasteiger partial charge in [0, 0.05) is 5.69 Å². The third-order valence-corrected chi connectivity index (χ3v) is 1.78. The lowest BCUT2D eigenvalue weighted by Crippen LogP contribution is -2.15. The first kappa shape index (κ1) is 11.8. The van der Waals surface area contributed by atoms with Crippen LogP contribution in [-0.2, 0) is 4.79 Å². The minimum Gasteiger partial charge on any atom is -0.510 e. The second kappa shape index (κ2) is 5.01. The van der Waals surface area contributed by atoms with Crippen LogP contribution in [0.5, 0.6) is 0 Å². The molecule has 0 aromatic carbocycles. The number of nitroso groups, excluding NO2 is 1. The van der Waals surface area contributed by atoms with Gasteiger partial charge in [0.15, 0.2) is 0 Å². The Morgan fingerprint density at radius 2 is 2.19 bits per heavy atom. The van der Waals surface area contributed by atoms with Gasteiger partial charge in [-0.2, -0.15) is 0 Å². The minimum atomic E-state index is -0.784. The predicted molar refractivity (Wildman–Crippen MR) is 58.7 cm³/mol. The number of allylic oxidation sites excluding steroid dienone is 1. The molecule has 0 fully saturated rings. The van der Waals surface area contributed by atoms with Crippen molar-refractivity contribution in [3.63, 3.8) is 0 Å². The van der Waals surface area contributed by atoms with E-state index in [1.165, 1.54) is 6.92 Å². The summed E-state index contributed by atoms with van der Waals surface area (Å²) < 4.78 is 0. The van der Waals surface area contributed by atoms with E-state index < -0.39 is 17.4 Å². The van der Waals surface area contributed by atoms with Crippen LogP contribution in [0.15, 0.2) is 34.8 Å². The average molecular weight is 221 g/mol. The molecule has 0 atom stereocenters. The third-order valence-electron chi connectivity index (χ3n) is 1.78. The first-order valence-electron chi connectivity index (χ1n) is 4.53. The molecule has 0 bridgehead atoms. The summed E-state index contributed by atoms with van der Waals surface area (Å²) in [4.78, 5) is 25.7. The van der Waals surface area contributed by atoms with Crippen molar-refractivity contribution in [3.05, 3.63) is 40.3 Å². The highest BCUT2D eigenvalue weighted by Gasteiger charge is 2.14. The van der Waals surface area contributed by atoms with Crippen LogP contribution < -0.4 is 5.32 Å². The van der Waals surface area contributed by atoms with Crippen LogP contribution in [-0.4, -0.2) is 16.0 Å². The van der Waals surface area contributed by atoms with Crippen LogP contribution in [0, 0.1) is 11.8 Å². The first-order valence-corrected chi connectivity index (χ1v) is 4.53. The van der Waals surface area contributed by atoms with Crippen molar-refractivity contribution in [1.29, 1.82) is 0 Å². The number of amides is 1. The highest BCUT2D eigenvalue weighted by atomic mass is 16.3. The molecule has 1 heterocycles. The molecule has 6 nitrogen and oxygen atoms in total. The van der Waals surface area contributed by atoms with Gasteiger partial charge in [-0.3, -0.25) is 4.79 Å². The van der Waals surface area contributed by atoms with E-state index in [2.05, 4.69) is 15.5 Å². The fraction of sp³-hybridized carbons (Fsp3) is 0.200. The monoisotopic (exact) mass is 221 g/mol. The second-order valence-corrected chi connectivity index (χ2v) is 3.14. The number of aromatic nitrogens is 1. The Kier molecular flexibility index (Phi) is 3.71. The summed E-state index contributed by atoms with van der Waals surface area (Å²) in [6.45, 7) is 2.97. The lowest BCUT2D eigenvalue weighted by molar-refractivity contribution is -0.113. The van der Waals surface area contributed by atoms with Gasteiger partial charge >= 0.3 is 0 Å². The van der Waals surface area contributed by atoms with Gasteiger partial charge in [0.2, 0.25) is 5.70 Å². The summed E-state index contributed by atoms with van der Waals surface area (Å²) in [6.07, 6.45) is 0. The molecule has 16 heavy (non-hydrogen) atoms. The third kappa shape index (κ3) is 2.88. The lowest BCUT2D eigenvalue weighted by atomic mass is 10.3. The molecule has 0 saturated heterocycles. The Hall–Kier alpha value is -2.24. The molecule has 0 aliphatic carbocycles. The van der Waals surface area contributed by atoms with Crippen molar-refractivity contribution in [2.45, 2.75) is 13.8 Å². The average Bonchev–Trinajstić information content (AvgIpc) is 2.17. The summed E-state index contributed by atoms with van der Waals surface area (Å²) in [5, 5.41) is 13.8. The molecule has 2 N–H and O–H groups in total. The molecule has 6 heteroatoms. The van der Waals surface area contributed by atoms with Crippen LogP contribution in [0.2, 0.25) is 0 Å². The number of aliphatic hydroxyl groups is 1. The van der Waals surface area contributed by atoms with Crippen molar-refractivity contribution < 1.29 is 9.90 Å². The number of anilines is 1. The van der Waals surface area contributed by atoms with Gasteiger partial charge in [-0.15, -0.1) is 4.91 Å². The van der Waals surface area contributed by atoms with E-state index in [0.717, 1.165) is 5.69 Å². The fourth-order valence-corrected chi connectivity index (χ4v) is 1.06. The van der Waals surface area contributed by atoms with Crippen LogP contribution in [0.25, 0.3) is 0 Å². The number of hydrogen-bond donors (Lipinski definition) is 2. The molecule has 0 aliphatic heterocycles. The molecule has 0 aliphatic rings. The van der Waals surface area contributed by atoms with Gasteiger partial charge in [-0.1, -0.05) is 6.07 Å². The second-order valence-electron chi connectivity index (χ2n) is 3.14. The van der Waals surface area contributed by atoms with Gasteiger partial charge in [0.05, 0.1) is 0 Å². The summed E-state index contributed by atoms with van der Waals surface area (Å²) in [6, 6.07) is 5.04.